The summed E-state index contributed by atoms with van der Waals surface area (Å²) in [5.74, 6) is -2.76. The van der Waals surface area contributed by atoms with E-state index in [1.165, 1.54) is 18.2 Å². The molecule has 3 amide bonds. The van der Waals surface area contributed by atoms with Crippen LogP contribution in [0.1, 0.15) is 37.3 Å². The Balaban J connectivity index is 1.67. The van der Waals surface area contributed by atoms with E-state index in [1.807, 2.05) is 54.6 Å². The summed E-state index contributed by atoms with van der Waals surface area (Å²) >= 11 is 0.680. The summed E-state index contributed by atoms with van der Waals surface area (Å²) in [6.07, 6.45) is 1.64. The van der Waals surface area contributed by atoms with E-state index in [1.54, 1.807) is 6.20 Å². The van der Waals surface area contributed by atoms with Crippen molar-refractivity contribution < 1.29 is 18.8 Å². The zero-order valence-electron chi connectivity index (χ0n) is 20.4. The van der Waals surface area contributed by atoms with Crippen LogP contribution in [0, 0.1) is 5.82 Å². The third-order valence-electron chi connectivity index (χ3n) is 6.19. The molecular formula is C28H23FN6O3S. The molecule has 0 saturated heterocycles. The molecule has 0 radical (unpaired) electrons. The monoisotopic (exact) mass is 542 g/mol. The average Bonchev–Trinajstić information content (AvgIpc) is 3.54. The quantitative estimate of drug-likeness (QED) is 0.233. The first-order chi connectivity index (χ1) is 18.8. The van der Waals surface area contributed by atoms with Crippen molar-refractivity contribution in [3.05, 3.63) is 113 Å². The summed E-state index contributed by atoms with van der Waals surface area (Å²) in [5, 5.41) is 3.60. The highest BCUT2D eigenvalue weighted by molar-refractivity contribution is 7.09. The van der Waals surface area contributed by atoms with Crippen LogP contribution in [0.25, 0.3) is 10.9 Å². The third kappa shape index (κ3) is 5.07. The molecule has 0 spiro atoms. The fourth-order valence-corrected chi connectivity index (χ4v) is 5.09. The first-order valence-electron chi connectivity index (χ1n) is 11.9. The van der Waals surface area contributed by atoms with Gasteiger partial charge >= 0.3 is 0 Å². The zero-order chi connectivity index (χ0) is 27.5. The van der Waals surface area contributed by atoms with Crippen molar-refractivity contribution in [3.8, 4) is 0 Å². The van der Waals surface area contributed by atoms with Crippen LogP contribution >= 0.6 is 11.5 Å². The molecule has 0 aliphatic rings. The summed E-state index contributed by atoms with van der Waals surface area (Å²) < 4.78 is 18.4. The Labute approximate surface area is 226 Å². The number of nitrogen functional groups attached to an aromatic ring is 1. The number of hydrogen-bond acceptors (Lipinski definition) is 6. The van der Waals surface area contributed by atoms with Crippen LogP contribution < -0.4 is 21.7 Å². The molecule has 9 nitrogen and oxygen atoms in total. The molecule has 1 unspecified atom stereocenters. The molecule has 2 aromatic heterocycles. The topological polar surface area (TPSA) is 147 Å². The van der Waals surface area contributed by atoms with Gasteiger partial charge in [-0.2, -0.15) is 4.37 Å². The Morgan fingerprint density at radius 1 is 1.03 bits per heavy atom. The maximum Gasteiger partial charge on any atom is 0.273 e. The number of carbonyl (C=O) groups excluding carboxylic acids is 3. The van der Waals surface area contributed by atoms with Gasteiger partial charge in [-0.15, -0.1) is 0 Å². The standard InChI is InChI=1S/C28H23FN6O3S/c29-17-9-6-10-18(13-17)35(28(38)25-22(30)23(26(31)36)34-39-25)24(20-15-32-21-12-5-4-11-19(20)21)27(37)33-14-16-7-2-1-3-8-16/h1-13,15,24,32H,14,30H2,(H2,31,36)(H,33,37). The second kappa shape index (κ2) is 10.8. The SMILES string of the molecule is NC(=O)c1nsc(C(=O)N(c2cccc(F)c2)C(C(=O)NCc2ccccc2)c2c[nH]c3ccccc23)c1N. The molecule has 3 aromatic carbocycles. The molecule has 0 aliphatic heterocycles. The lowest BCUT2D eigenvalue weighted by Crippen LogP contribution is -2.44. The molecule has 1 atom stereocenters. The Hall–Kier alpha value is -5.03. The highest BCUT2D eigenvalue weighted by Crippen LogP contribution is 2.36. The summed E-state index contributed by atoms with van der Waals surface area (Å²) in [4.78, 5) is 44.1. The normalized spacial score (nSPS) is 11.7. The molecule has 196 valence electrons. The number of anilines is 2. The fraction of sp³-hybridized carbons (Fsp3) is 0.0714. The lowest BCUT2D eigenvalue weighted by molar-refractivity contribution is -0.122. The van der Waals surface area contributed by atoms with E-state index in [4.69, 9.17) is 11.5 Å². The summed E-state index contributed by atoms with van der Waals surface area (Å²) in [5.41, 5.74) is 13.2. The van der Waals surface area contributed by atoms with Gasteiger partial charge in [0.15, 0.2) is 5.69 Å². The number of H-pyrrole nitrogens is 1. The molecule has 0 aliphatic carbocycles. The maximum atomic E-state index is 14.5. The van der Waals surface area contributed by atoms with Crippen molar-refractivity contribution in [1.29, 1.82) is 0 Å². The van der Waals surface area contributed by atoms with E-state index in [-0.39, 0.29) is 28.5 Å². The Morgan fingerprint density at radius 2 is 1.77 bits per heavy atom. The van der Waals surface area contributed by atoms with Crippen LogP contribution in [0.4, 0.5) is 15.8 Å². The number of benzene rings is 3. The van der Waals surface area contributed by atoms with E-state index in [2.05, 4.69) is 14.7 Å². The van der Waals surface area contributed by atoms with Crippen molar-refractivity contribution in [2.45, 2.75) is 12.6 Å². The van der Waals surface area contributed by atoms with E-state index < -0.39 is 29.6 Å². The minimum absolute atomic E-state index is 0.103. The fourth-order valence-electron chi connectivity index (χ4n) is 4.35. The number of primary amides is 1. The second-order valence-corrected chi connectivity index (χ2v) is 9.46. The number of aromatic nitrogens is 2. The van der Waals surface area contributed by atoms with Gasteiger partial charge in [0.05, 0.1) is 5.69 Å². The molecule has 5 aromatic rings. The van der Waals surface area contributed by atoms with Crippen LogP contribution in [0.15, 0.2) is 85.1 Å². The minimum atomic E-state index is -1.25. The number of aromatic amines is 1. The zero-order valence-corrected chi connectivity index (χ0v) is 21.2. The van der Waals surface area contributed by atoms with Crippen molar-refractivity contribution in [2.24, 2.45) is 5.73 Å². The van der Waals surface area contributed by atoms with Gasteiger partial charge in [0.2, 0.25) is 5.91 Å². The van der Waals surface area contributed by atoms with Crippen molar-refractivity contribution in [3.63, 3.8) is 0 Å². The predicted molar refractivity (Wildman–Crippen MR) is 148 cm³/mol. The number of rotatable bonds is 8. The van der Waals surface area contributed by atoms with Gasteiger partial charge in [-0.1, -0.05) is 54.6 Å². The van der Waals surface area contributed by atoms with Crippen LogP contribution in [-0.4, -0.2) is 27.1 Å². The second-order valence-electron chi connectivity index (χ2n) is 8.69. The van der Waals surface area contributed by atoms with Gasteiger partial charge in [0.25, 0.3) is 11.8 Å². The first-order valence-corrected chi connectivity index (χ1v) is 12.6. The molecular weight excluding hydrogens is 519 g/mol. The molecule has 39 heavy (non-hydrogen) atoms. The number of nitrogens with two attached hydrogens (primary N) is 2. The minimum Gasteiger partial charge on any atom is -0.395 e. The van der Waals surface area contributed by atoms with Crippen molar-refractivity contribution in [1.82, 2.24) is 14.7 Å². The number of fused-ring (bicyclic) bond motifs is 1. The first kappa shape index (κ1) is 25.6. The number of carbonyl (C=O) groups is 3. The Morgan fingerprint density at radius 3 is 2.49 bits per heavy atom. The molecule has 0 bridgehead atoms. The Kier molecular flexibility index (Phi) is 7.06. The number of para-hydroxylation sites is 1. The molecule has 5 rings (SSSR count). The van der Waals surface area contributed by atoms with Gasteiger partial charge in [0.1, 0.15) is 16.7 Å². The highest BCUT2D eigenvalue weighted by atomic mass is 32.1. The molecule has 2 heterocycles. The number of nitrogens with zero attached hydrogens (tertiary/aromatic N) is 2. The van der Waals surface area contributed by atoms with Crippen LogP contribution in [0.5, 0.6) is 0 Å². The summed E-state index contributed by atoms with van der Waals surface area (Å²) in [7, 11) is 0. The smallest absolute Gasteiger partial charge is 0.273 e. The van der Waals surface area contributed by atoms with E-state index >= 15 is 0 Å². The van der Waals surface area contributed by atoms with Gasteiger partial charge in [-0.25, -0.2) is 4.39 Å². The highest BCUT2D eigenvalue weighted by Gasteiger charge is 2.37. The molecule has 0 fully saturated rings. The van der Waals surface area contributed by atoms with Crippen LogP contribution in [0.3, 0.4) is 0 Å². The average molecular weight is 543 g/mol. The lowest BCUT2D eigenvalue weighted by Gasteiger charge is -2.31. The van der Waals surface area contributed by atoms with Crippen molar-refractivity contribution in [2.75, 3.05) is 10.6 Å². The van der Waals surface area contributed by atoms with Crippen LogP contribution in [-0.2, 0) is 11.3 Å². The summed E-state index contributed by atoms with van der Waals surface area (Å²) in [6, 6.07) is 20.7. The van der Waals surface area contributed by atoms with Gasteiger partial charge in [0, 0.05) is 34.9 Å². The predicted octanol–water partition coefficient (Wildman–Crippen LogP) is 4.15. The largest absolute Gasteiger partial charge is 0.395 e. The number of halogens is 1. The number of amides is 3. The van der Waals surface area contributed by atoms with Crippen LogP contribution in [0.2, 0.25) is 0 Å². The number of nitrogens with one attached hydrogen (secondary N) is 2. The molecule has 6 N–H and O–H groups in total. The van der Waals surface area contributed by atoms with Gasteiger partial charge in [-0.05, 0) is 41.4 Å². The molecule has 0 saturated carbocycles. The third-order valence-corrected chi connectivity index (χ3v) is 7.04. The van der Waals surface area contributed by atoms with Crippen molar-refractivity contribution >= 4 is 51.5 Å². The Bertz CT molecular complexity index is 1680. The molecule has 11 heteroatoms. The lowest BCUT2D eigenvalue weighted by atomic mass is 10.0. The van der Waals surface area contributed by atoms with Gasteiger partial charge < -0.3 is 21.8 Å². The number of hydrogen-bond donors (Lipinski definition) is 4. The van der Waals surface area contributed by atoms with E-state index in [0.29, 0.717) is 22.5 Å². The summed E-state index contributed by atoms with van der Waals surface area (Å²) in [6.45, 7) is 0.193. The van der Waals surface area contributed by atoms with Gasteiger partial charge in [-0.3, -0.25) is 19.3 Å². The maximum absolute atomic E-state index is 14.5. The van der Waals surface area contributed by atoms with E-state index in [9.17, 15) is 18.8 Å². The van der Waals surface area contributed by atoms with E-state index in [0.717, 1.165) is 22.0 Å².